The number of rotatable bonds is 8. The van der Waals surface area contributed by atoms with Crippen molar-refractivity contribution < 1.29 is 19.4 Å². The lowest BCUT2D eigenvalue weighted by molar-refractivity contribution is -0.137. The first-order chi connectivity index (χ1) is 5.77. The van der Waals surface area contributed by atoms with E-state index in [0.29, 0.717) is 32.8 Å². The molecule has 0 aromatic heterocycles. The van der Waals surface area contributed by atoms with Gasteiger partial charge in [0, 0.05) is 19.6 Å². The van der Waals surface area contributed by atoms with Gasteiger partial charge in [0.1, 0.15) is 0 Å². The highest BCUT2D eigenvalue weighted by molar-refractivity contribution is 5.66. The third-order valence-electron chi connectivity index (χ3n) is 1.20. The third kappa shape index (κ3) is 9.39. The minimum atomic E-state index is -0.785. The molecule has 0 aliphatic carbocycles. The Morgan fingerprint density at radius 3 is 2.50 bits per heavy atom. The minimum Gasteiger partial charge on any atom is -0.481 e. The van der Waals surface area contributed by atoms with Gasteiger partial charge in [-0.15, -0.1) is 0 Å². The zero-order valence-corrected chi connectivity index (χ0v) is 7.12. The number of carboxylic acid groups (broad SMARTS) is 1. The monoisotopic (exact) mass is 175 g/mol. The molecule has 71 valence electrons. The predicted octanol–water partition coefficient (Wildman–Crippen LogP) is 0.718. The summed E-state index contributed by atoms with van der Waals surface area (Å²) in [6.07, 6.45) is 0.718. The van der Waals surface area contributed by atoms with Crippen molar-refractivity contribution >= 4 is 5.97 Å². The maximum Gasteiger partial charge on any atom is 0.303 e. The topological polar surface area (TPSA) is 55.8 Å². The van der Waals surface area contributed by atoms with E-state index >= 15 is 0 Å². The first-order valence-corrected chi connectivity index (χ1v) is 3.94. The van der Waals surface area contributed by atoms with Crippen LogP contribution in [0.1, 0.15) is 12.8 Å². The van der Waals surface area contributed by atoms with E-state index in [-0.39, 0.29) is 6.42 Å². The molecule has 0 aliphatic heterocycles. The quantitative estimate of drug-likeness (QED) is 0.552. The average molecular weight is 175 g/mol. The lowest BCUT2D eigenvalue weighted by atomic mass is 10.3. The summed E-state index contributed by atoms with van der Waals surface area (Å²) in [7, 11) is 0. The van der Waals surface area contributed by atoms with Gasteiger partial charge < -0.3 is 14.6 Å². The van der Waals surface area contributed by atoms with Crippen LogP contribution in [-0.4, -0.2) is 37.5 Å². The molecule has 1 N–H and O–H groups in total. The fraction of sp³-hybridized carbons (Fsp3) is 0.750. The molecule has 0 bridgehead atoms. The maximum absolute atomic E-state index is 10.0. The zero-order valence-electron chi connectivity index (χ0n) is 7.12. The highest BCUT2D eigenvalue weighted by Crippen LogP contribution is 1.89. The van der Waals surface area contributed by atoms with Crippen molar-refractivity contribution in [3.05, 3.63) is 6.92 Å². The Morgan fingerprint density at radius 2 is 1.92 bits per heavy atom. The van der Waals surface area contributed by atoms with Gasteiger partial charge in [-0.05, 0) is 13.3 Å². The Balaban J connectivity index is 2.86. The normalized spacial score (nSPS) is 10.1. The van der Waals surface area contributed by atoms with Crippen LogP contribution in [0, 0.1) is 6.92 Å². The van der Waals surface area contributed by atoms with E-state index in [1.165, 1.54) is 0 Å². The lowest BCUT2D eigenvalue weighted by Crippen LogP contribution is -2.06. The molecule has 1 radical (unpaired) electrons. The van der Waals surface area contributed by atoms with Crippen molar-refractivity contribution in [1.82, 2.24) is 0 Å². The summed E-state index contributed by atoms with van der Waals surface area (Å²) >= 11 is 0. The Hall–Kier alpha value is -0.610. The number of hydrogen-bond donors (Lipinski definition) is 1. The van der Waals surface area contributed by atoms with E-state index in [2.05, 4.69) is 6.92 Å². The number of carbonyl (C=O) groups is 1. The van der Waals surface area contributed by atoms with Crippen molar-refractivity contribution in [2.24, 2.45) is 0 Å². The second kappa shape index (κ2) is 8.49. The van der Waals surface area contributed by atoms with Gasteiger partial charge in [-0.1, -0.05) is 0 Å². The van der Waals surface area contributed by atoms with Crippen molar-refractivity contribution in [3.8, 4) is 0 Å². The van der Waals surface area contributed by atoms with E-state index in [9.17, 15) is 4.79 Å². The van der Waals surface area contributed by atoms with E-state index in [4.69, 9.17) is 14.6 Å². The van der Waals surface area contributed by atoms with Gasteiger partial charge in [-0.2, -0.15) is 0 Å². The fourth-order valence-corrected chi connectivity index (χ4v) is 0.647. The highest BCUT2D eigenvalue weighted by Gasteiger charge is 1.95. The van der Waals surface area contributed by atoms with Crippen LogP contribution in [0.4, 0.5) is 0 Å². The van der Waals surface area contributed by atoms with Gasteiger partial charge in [0.2, 0.25) is 0 Å². The molecule has 0 heterocycles. The smallest absolute Gasteiger partial charge is 0.303 e. The van der Waals surface area contributed by atoms with Crippen LogP contribution < -0.4 is 0 Å². The van der Waals surface area contributed by atoms with E-state index in [1.54, 1.807) is 0 Å². The van der Waals surface area contributed by atoms with Crippen LogP contribution >= 0.6 is 0 Å². The first-order valence-electron chi connectivity index (χ1n) is 3.94. The molecule has 0 atom stereocenters. The minimum absolute atomic E-state index is 0.163. The molecular weight excluding hydrogens is 160 g/mol. The molecule has 0 aliphatic rings. The molecule has 4 heteroatoms. The molecule has 0 unspecified atom stereocenters. The standard InChI is InChI=1S/C8H15O4/c1-2-11-6-7-12-5-3-4-8(9)10/h1-7H2,(H,9,10). The second-order valence-corrected chi connectivity index (χ2v) is 2.22. The van der Waals surface area contributed by atoms with E-state index < -0.39 is 5.97 Å². The van der Waals surface area contributed by atoms with Crippen LogP contribution in [0.2, 0.25) is 0 Å². The van der Waals surface area contributed by atoms with Gasteiger partial charge >= 0.3 is 5.97 Å². The number of hydrogen-bond acceptors (Lipinski definition) is 3. The molecule has 12 heavy (non-hydrogen) atoms. The van der Waals surface area contributed by atoms with Gasteiger partial charge in [0.25, 0.3) is 0 Å². The largest absolute Gasteiger partial charge is 0.481 e. The van der Waals surface area contributed by atoms with Crippen molar-refractivity contribution in [3.63, 3.8) is 0 Å². The molecular formula is C8H15O4. The molecule has 0 fully saturated rings. The molecule has 0 spiro atoms. The summed E-state index contributed by atoms with van der Waals surface area (Å²) in [5.41, 5.74) is 0. The molecule has 0 aromatic rings. The fourth-order valence-electron chi connectivity index (χ4n) is 0.647. The molecule has 0 saturated heterocycles. The Kier molecular flexibility index (Phi) is 8.05. The third-order valence-corrected chi connectivity index (χ3v) is 1.20. The lowest BCUT2D eigenvalue weighted by Gasteiger charge is -2.02. The Morgan fingerprint density at radius 1 is 1.25 bits per heavy atom. The summed E-state index contributed by atoms with van der Waals surface area (Å²) in [6.45, 7) is 5.44. The zero-order chi connectivity index (χ0) is 9.23. The molecule has 0 aromatic carbocycles. The molecule has 0 rings (SSSR count). The highest BCUT2D eigenvalue weighted by atomic mass is 16.5. The van der Waals surface area contributed by atoms with Crippen LogP contribution in [0.5, 0.6) is 0 Å². The van der Waals surface area contributed by atoms with Crippen molar-refractivity contribution in [1.29, 1.82) is 0 Å². The van der Waals surface area contributed by atoms with Crippen LogP contribution in [-0.2, 0) is 14.3 Å². The molecule has 0 amide bonds. The van der Waals surface area contributed by atoms with Crippen LogP contribution in [0.15, 0.2) is 0 Å². The molecule has 4 nitrogen and oxygen atoms in total. The maximum atomic E-state index is 10.0. The van der Waals surface area contributed by atoms with Crippen molar-refractivity contribution in [2.45, 2.75) is 12.8 Å². The molecule has 0 saturated carbocycles. The van der Waals surface area contributed by atoms with Crippen LogP contribution in [0.25, 0.3) is 0 Å². The summed E-state index contributed by atoms with van der Waals surface area (Å²) < 4.78 is 9.98. The van der Waals surface area contributed by atoms with Gasteiger partial charge in [0.15, 0.2) is 0 Å². The second-order valence-electron chi connectivity index (χ2n) is 2.22. The average Bonchev–Trinajstić information content (AvgIpc) is 2.02. The summed E-state index contributed by atoms with van der Waals surface area (Å²) in [5, 5.41) is 8.27. The van der Waals surface area contributed by atoms with E-state index in [0.717, 1.165) is 0 Å². The number of ether oxygens (including phenoxy) is 2. The first kappa shape index (κ1) is 11.4. The summed E-state index contributed by atoms with van der Waals surface area (Å²) in [6, 6.07) is 0. The van der Waals surface area contributed by atoms with Crippen LogP contribution in [0.3, 0.4) is 0 Å². The van der Waals surface area contributed by atoms with Gasteiger partial charge in [-0.3, -0.25) is 4.79 Å². The van der Waals surface area contributed by atoms with E-state index in [1.807, 2.05) is 0 Å². The number of carboxylic acids is 1. The van der Waals surface area contributed by atoms with Gasteiger partial charge in [-0.25, -0.2) is 0 Å². The number of aliphatic carboxylic acids is 1. The Bertz CT molecular complexity index is 114. The van der Waals surface area contributed by atoms with Gasteiger partial charge in [0.05, 0.1) is 13.2 Å². The Labute approximate surface area is 72.5 Å². The summed E-state index contributed by atoms with van der Waals surface area (Å²) in [4.78, 5) is 10.0. The summed E-state index contributed by atoms with van der Waals surface area (Å²) in [5.74, 6) is -0.785. The predicted molar refractivity (Wildman–Crippen MR) is 43.9 cm³/mol. The van der Waals surface area contributed by atoms with Crippen molar-refractivity contribution in [2.75, 3.05) is 26.4 Å². The SMILES string of the molecule is [CH2]COCCOCCCC(=O)O.